The smallest absolute Gasteiger partial charge is 0.123 e. The minimum atomic E-state index is -0.0127. The second kappa shape index (κ2) is 5.90. The number of rotatable bonds is 3. The Balaban J connectivity index is 2.00. The molecular formula is C19H23NO. The summed E-state index contributed by atoms with van der Waals surface area (Å²) in [4.78, 5) is 0. The molecule has 0 bridgehead atoms. The van der Waals surface area contributed by atoms with Gasteiger partial charge in [-0.05, 0) is 43.4 Å². The van der Waals surface area contributed by atoms with Gasteiger partial charge in [0.2, 0.25) is 0 Å². The molecule has 0 spiro atoms. The molecule has 0 aliphatic heterocycles. The van der Waals surface area contributed by atoms with Gasteiger partial charge >= 0.3 is 0 Å². The summed E-state index contributed by atoms with van der Waals surface area (Å²) >= 11 is 0. The van der Waals surface area contributed by atoms with Gasteiger partial charge in [-0.2, -0.15) is 0 Å². The minimum Gasteiger partial charge on any atom is -0.496 e. The van der Waals surface area contributed by atoms with Gasteiger partial charge in [0.1, 0.15) is 5.75 Å². The van der Waals surface area contributed by atoms with E-state index >= 15 is 0 Å². The van der Waals surface area contributed by atoms with Crippen molar-refractivity contribution >= 4 is 0 Å². The van der Waals surface area contributed by atoms with Crippen LogP contribution >= 0.6 is 0 Å². The molecule has 21 heavy (non-hydrogen) atoms. The van der Waals surface area contributed by atoms with Crippen molar-refractivity contribution in [3.05, 3.63) is 64.7 Å². The first kappa shape index (κ1) is 14.2. The minimum absolute atomic E-state index is 0.0127. The van der Waals surface area contributed by atoms with Crippen LogP contribution in [0.15, 0.2) is 42.5 Å². The van der Waals surface area contributed by atoms with Crippen LogP contribution in [0.5, 0.6) is 5.75 Å². The summed E-state index contributed by atoms with van der Waals surface area (Å²) in [7, 11) is 1.72. The van der Waals surface area contributed by atoms with Crippen molar-refractivity contribution in [3.8, 4) is 5.75 Å². The van der Waals surface area contributed by atoms with Crippen molar-refractivity contribution in [3.63, 3.8) is 0 Å². The molecule has 110 valence electrons. The molecule has 2 aromatic rings. The van der Waals surface area contributed by atoms with E-state index in [1.165, 1.54) is 29.5 Å². The van der Waals surface area contributed by atoms with Gasteiger partial charge in [-0.1, -0.05) is 42.0 Å². The summed E-state index contributed by atoms with van der Waals surface area (Å²) in [5, 5.41) is 0. The van der Waals surface area contributed by atoms with Crippen LogP contribution in [0, 0.1) is 6.92 Å². The second-order valence-electron chi connectivity index (χ2n) is 5.97. The molecule has 2 nitrogen and oxygen atoms in total. The van der Waals surface area contributed by atoms with Crippen LogP contribution in [0.1, 0.15) is 47.1 Å². The largest absolute Gasteiger partial charge is 0.496 e. The average Bonchev–Trinajstić information content (AvgIpc) is 2.53. The first-order valence-corrected chi connectivity index (χ1v) is 7.68. The number of nitrogens with two attached hydrogens (primary N) is 1. The fourth-order valence-corrected chi connectivity index (χ4v) is 3.50. The van der Waals surface area contributed by atoms with Crippen molar-refractivity contribution < 1.29 is 4.74 Å². The van der Waals surface area contributed by atoms with Gasteiger partial charge in [0, 0.05) is 17.5 Å². The Hall–Kier alpha value is -1.80. The number of aryl methyl sites for hydroxylation is 2. The zero-order valence-corrected chi connectivity index (χ0v) is 12.8. The van der Waals surface area contributed by atoms with Crippen molar-refractivity contribution in [1.82, 2.24) is 0 Å². The van der Waals surface area contributed by atoms with Crippen LogP contribution in [0.3, 0.4) is 0 Å². The number of methoxy groups -OCH3 is 1. The molecule has 0 saturated carbocycles. The van der Waals surface area contributed by atoms with E-state index in [1.807, 2.05) is 6.07 Å². The summed E-state index contributed by atoms with van der Waals surface area (Å²) in [6.07, 6.45) is 3.53. The molecule has 2 N–H and O–H groups in total. The molecule has 0 radical (unpaired) electrons. The summed E-state index contributed by atoms with van der Waals surface area (Å²) in [5.74, 6) is 1.28. The maximum Gasteiger partial charge on any atom is 0.123 e. The molecule has 3 rings (SSSR count). The predicted molar refractivity (Wildman–Crippen MR) is 86.8 cm³/mol. The molecule has 0 aromatic heterocycles. The summed E-state index contributed by atoms with van der Waals surface area (Å²) in [6.45, 7) is 2.10. The lowest BCUT2D eigenvalue weighted by Crippen LogP contribution is -2.24. The van der Waals surface area contributed by atoms with Gasteiger partial charge in [0.25, 0.3) is 0 Å². The van der Waals surface area contributed by atoms with Gasteiger partial charge < -0.3 is 10.5 Å². The van der Waals surface area contributed by atoms with Crippen LogP contribution < -0.4 is 10.5 Å². The topological polar surface area (TPSA) is 35.2 Å². The zero-order valence-electron chi connectivity index (χ0n) is 12.8. The lowest BCUT2D eigenvalue weighted by molar-refractivity contribution is 0.394. The number of ether oxygens (including phenoxy) is 1. The summed E-state index contributed by atoms with van der Waals surface area (Å²) < 4.78 is 5.52. The Kier molecular flexibility index (Phi) is 3.98. The average molecular weight is 281 g/mol. The van der Waals surface area contributed by atoms with E-state index in [-0.39, 0.29) is 6.04 Å². The van der Waals surface area contributed by atoms with Crippen molar-refractivity contribution in [1.29, 1.82) is 0 Å². The SMILES string of the molecule is COc1ccc(C)cc1C(N)C1CCCc2ccccc21. The highest BCUT2D eigenvalue weighted by Crippen LogP contribution is 2.41. The molecule has 0 fully saturated rings. The van der Waals surface area contributed by atoms with E-state index in [1.54, 1.807) is 7.11 Å². The Labute approximate surface area is 126 Å². The molecular weight excluding hydrogens is 258 g/mol. The van der Waals surface area contributed by atoms with E-state index in [0.29, 0.717) is 5.92 Å². The van der Waals surface area contributed by atoms with Gasteiger partial charge in [-0.15, -0.1) is 0 Å². The molecule has 2 unspecified atom stereocenters. The van der Waals surface area contributed by atoms with Crippen LogP contribution in [0.4, 0.5) is 0 Å². The fraction of sp³-hybridized carbons (Fsp3) is 0.368. The van der Waals surface area contributed by atoms with E-state index in [4.69, 9.17) is 10.5 Å². The van der Waals surface area contributed by atoms with E-state index < -0.39 is 0 Å². The number of hydrogen-bond donors (Lipinski definition) is 1. The quantitative estimate of drug-likeness (QED) is 0.918. The Bertz CT molecular complexity index is 635. The van der Waals surface area contributed by atoms with E-state index in [9.17, 15) is 0 Å². The monoisotopic (exact) mass is 281 g/mol. The van der Waals surface area contributed by atoms with Crippen LogP contribution in [0.2, 0.25) is 0 Å². The molecule has 0 heterocycles. The molecule has 2 aromatic carbocycles. The number of hydrogen-bond acceptors (Lipinski definition) is 2. The Morgan fingerprint density at radius 1 is 1.19 bits per heavy atom. The van der Waals surface area contributed by atoms with Crippen molar-refractivity contribution in [2.24, 2.45) is 5.73 Å². The normalized spacial score (nSPS) is 18.9. The fourth-order valence-electron chi connectivity index (χ4n) is 3.50. The first-order valence-electron chi connectivity index (χ1n) is 7.68. The van der Waals surface area contributed by atoms with Gasteiger partial charge in [-0.3, -0.25) is 0 Å². The molecule has 2 atom stereocenters. The third-order valence-electron chi connectivity index (χ3n) is 4.59. The van der Waals surface area contributed by atoms with Crippen LogP contribution in [-0.2, 0) is 6.42 Å². The second-order valence-corrected chi connectivity index (χ2v) is 5.97. The molecule has 0 saturated heterocycles. The highest BCUT2D eigenvalue weighted by molar-refractivity contribution is 5.43. The van der Waals surface area contributed by atoms with Crippen LogP contribution in [-0.4, -0.2) is 7.11 Å². The standard InChI is InChI=1S/C19H23NO/c1-13-10-11-18(21-2)17(12-13)19(20)16-9-5-7-14-6-3-4-8-15(14)16/h3-4,6,8,10-12,16,19H,5,7,9,20H2,1-2H3. The summed E-state index contributed by atoms with van der Waals surface area (Å²) in [5.41, 5.74) is 11.9. The maximum atomic E-state index is 6.65. The van der Waals surface area contributed by atoms with Gasteiger partial charge in [-0.25, -0.2) is 0 Å². The number of fused-ring (bicyclic) bond motifs is 1. The van der Waals surface area contributed by atoms with Gasteiger partial charge in [0.15, 0.2) is 0 Å². The molecule has 1 aliphatic carbocycles. The highest BCUT2D eigenvalue weighted by atomic mass is 16.5. The maximum absolute atomic E-state index is 6.65. The lowest BCUT2D eigenvalue weighted by Gasteiger charge is -2.31. The molecule has 1 aliphatic rings. The Morgan fingerprint density at radius 3 is 2.81 bits per heavy atom. The van der Waals surface area contributed by atoms with Crippen molar-refractivity contribution in [2.45, 2.75) is 38.1 Å². The number of benzene rings is 2. The Morgan fingerprint density at radius 2 is 2.00 bits per heavy atom. The van der Waals surface area contributed by atoms with Crippen LogP contribution in [0.25, 0.3) is 0 Å². The lowest BCUT2D eigenvalue weighted by atomic mass is 9.77. The highest BCUT2D eigenvalue weighted by Gasteiger charge is 2.28. The molecule has 0 amide bonds. The third-order valence-corrected chi connectivity index (χ3v) is 4.59. The van der Waals surface area contributed by atoms with Crippen molar-refractivity contribution in [2.75, 3.05) is 7.11 Å². The van der Waals surface area contributed by atoms with E-state index in [2.05, 4.69) is 43.3 Å². The van der Waals surface area contributed by atoms with Gasteiger partial charge in [0.05, 0.1) is 7.11 Å². The zero-order chi connectivity index (χ0) is 14.8. The first-order chi connectivity index (χ1) is 10.2. The van der Waals surface area contributed by atoms with E-state index in [0.717, 1.165) is 17.7 Å². The summed E-state index contributed by atoms with van der Waals surface area (Å²) in [6, 6.07) is 15.0. The molecule has 2 heteroatoms. The third kappa shape index (κ3) is 2.68. The predicted octanol–water partition coefficient (Wildman–Crippen LogP) is 4.12.